The summed E-state index contributed by atoms with van der Waals surface area (Å²) >= 11 is 0. The van der Waals surface area contributed by atoms with Crippen molar-refractivity contribution in [3.8, 4) is 5.75 Å². The lowest BCUT2D eigenvalue weighted by molar-refractivity contribution is -0.123. The Morgan fingerprint density at radius 3 is 2.50 bits per heavy atom. The van der Waals surface area contributed by atoms with Crippen molar-refractivity contribution in [3.63, 3.8) is 0 Å². The number of nitrogens with zero attached hydrogens (tertiary/aromatic N) is 3. The fourth-order valence-corrected chi connectivity index (χ4v) is 3.40. The first-order valence-corrected chi connectivity index (χ1v) is 8.72. The van der Waals surface area contributed by atoms with E-state index in [0.717, 1.165) is 0 Å². The van der Waals surface area contributed by atoms with Crippen molar-refractivity contribution >= 4 is 23.6 Å². The second-order valence-electron chi connectivity index (χ2n) is 6.18. The summed E-state index contributed by atoms with van der Waals surface area (Å²) in [5, 5.41) is 0. The second-order valence-corrected chi connectivity index (χ2v) is 6.18. The van der Waals surface area contributed by atoms with E-state index < -0.39 is 6.04 Å². The molecule has 0 bridgehead atoms. The van der Waals surface area contributed by atoms with Gasteiger partial charge in [0.2, 0.25) is 5.91 Å². The third kappa shape index (κ3) is 3.37. The molecule has 140 valence electrons. The molecule has 8 nitrogen and oxygen atoms in total. The standard InChI is InChI=1S/C18H23N3O5/c1-3-26-18(24)20-10-8-19(9-11-20)14-12-16(22)21(17(14)23)13-6-4-5-7-15(13)25-2/h4-7,14H,3,8-12H2,1-2H3/t14-/m1/s1. The number of anilines is 1. The molecule has 0 spiro atoms. The summed E-state index contributed by atoms with van der Waals surface area (Å²) in [6, 6.07) is 6.48. The van der Waals surface area contributed by atoms with Crippen LogP contribution in [0.4, 0.5) is 10.5 Å². The van der Waals surface area contributed by atoms with E-state index in [0.29, 0.717) is 44.2 Å². The van der Waals surface area contributed by atoms with E-state index in [4.69, 9.17) is 9.47 Å². The Kier molecular flexibility index (Phi) is 5.41. The maximum atomic E-state index is 12.9. The van der Waals surface area contributed by atoms with Crippen LogP contribution < -0.4 is 9.64 Å². The van der Waals surface area contributed by atoms with Crippen molar-refractivity contribution in [2.45, 2.75) is 19.4 Å². The van der Waals surface area contributed by atoms with Crippen molar-refractivity contribution in [2.75, 3.05) is 44.8 Å². The molecule has 1 aromatic carbocycles. The van der Waals surface area contributed by atoms with Crippen LogP contribution in [0.25, 0.3) is 0 Å². The van der Waals surface area contributed by atoms with E-state index in [-0.39, 0.29) is 24.3 Å². The zero-order valence-corrected chi connectivity index (χ0v) is 15.0. The molecule has 0 radical (unpaired) electrons. The third-order valence-electron chi connectivity index (χ3n) is 4.73. The first-order valence-electron chi connectivity index (χ1n) is 8.72. The Morgan fingerprint density at radius 2 is 1.85 bits per heavy atom. The minimum Gasteiger partial charge on any atom is -0.495 e. The summed E-state index contributed by atoms with van der Waals surface area (Å²) < 4.78 is 10.3. The number of carbonyl (C=O) groups excluding carboxylic acids is 3. The molecule has 0 aliphatic carbocycles. The quantitative estimate of drug-likeness (QED) is 0.748. The van der Waals surface area contributed by atoms with Crippen LogP contribution in [0.15, 0.2) is 24.3 Å². The van der Waals surface area contributed by atoms with Crippen molar-refractivity contribution in [3.05, 3.63) is 24.3 Å². The number of para-hydroxylation sites is 2. The number of carbonyl (C=O) groups is 3. The molecule has 0 unspecified atom stereocenters. The smallest absolute Gasteiger partial charge is 0.409 e. The first-order chi connectivity index (χ1) is 12.6. The van der Waals surface area contributed by atoms with E-state index >= 15 is 0 Å². The summed E-state index contributed by atoms with van der Waals surface area (Å²) in [7, 11) is 1.51. The van der Waals surface area contributed by atoms with Gasteiger partial charge in [-0.3, -0.25) is 14.5 Å². The molecule has 0 saturated carbocycles. The Morgan fingerprint density at radius 1 is 1.15 bits per heavy atom. The number of methoxy groups -OCH3 is 1. The maximum absolute atomic E-state index is 12.9. The predicted molar refractivity (Wildman–Crippen MR) is 94.1 cm³/mol. The fourth-order valence-electron chi connectivity index (χ4n) is 3.40. The average Bonchev–Trinajstić information content (AvgIpc) is 2.96. The first kappa shape index (κ1) is 18.2. The minimum atomic E-state index is -0.503. The predicted octanol–water partition coefficient (Wildman–Crippen LogP) is 1.10. The van der Waals surface area contributed by atoms with Crippen LogP contribution in [0.1, 0.15) is 13.3 Å². The van der Waals surface area contributed by atoms with Gasteiger partial charge in [-0.1, -0.05) is 12.1 Å². The summed E-state index contributed by atoms with van der Waals surface area (Å²) in [6.07, 6.45) is -0.201. The van der Waals surface area contributed by atoms with Gasteiger partial charge in [0, 0.05) is 26.2 Å². The zero-order chi connectivity index (χ0) is 18.7. The minimum absolute atomic E-state index is 0.135. The van der Waals surface area contributed by atoms with Crippen LogP contribution in [0.3, 0.4) is 0 Å². The number of rotatable bonds is 4. The lowest BCUT2D eigenvalue weighted by Crippen LogP contribution is -2.54. The highest BCUT2D eigenvalue weighted by Crippen LogP contribution is 2.33. The van der Waals surface area contributed by atoms with Gasteiger partial charge in [-0.15, -0.1) is 0 Å². The van der Waals surface area contributed by atoms with Gasteiger partial charge >= 0.3 is 6.09 Å². The summed E-state index contributed by atoms with van der Waals surface area (Å²) in [4.78, 5) is 42.0. The molecule has 0 N–H and O–H groups in total. The van der Waals surface area contributed by atoms with Gasteiger partial charge in [0.15, 0.2) is 0 Å². The van der Waals surface area contributed by atoms with E-state index in [1.807, 2.05) is 4.90 Å². The third-order valence-corrected chi connectivity index (χ3v) is 4.73. The molecular formula is C18H23N3O5. The van der Waals surface area contributed by atoms with Gasteiger partial charge in [-0.25, -0.2) is 9.69 Å². The topological polar surface area (TPSA) is 79.4 Å². The van der Waals surface area contributed by atoms with E-state index in [1.165, 1.54) is 12.0 Å². The van der Waals surface area contributed by atoms with Crippen molar-refractivity contribution < 1.29 is 23.9 Å². The van der Waals surface area contributed by atoms with Gasteiger partial charge in [0.25, 0.3) is 5.91 Å². The van der Waals surface area contributed by atoms with E-state index in [9.17, 15) is 14.4 Å². The van der Waals surface area contributed by atoms with Crippen LogP contribution in [0, 0.1) is 0 Å². The van der Waals surface area contributed by atoms with E-state index in [1.54, 1.807) is 36.1 Å². The van der Waals surface area contributed by atoms with Crippen LogP contribution in [-0.4, -0.2) is 73.6 Å². The summed E-state index contributed by atoms with van der Waals surface area (Å²) in [5.41, 5.74) is 0.470. The molecule has 26 heavy (non-hydrogen) atoms. The second kappa shape index (κ2) is 7.74. The van der Waals surface area contributed by atoms with Crippen LogP contribution >= 0.6 is 0 Å². The number of amides is 3. The molecule has 2 aliphatic rings. The molecule has 1 aromatic rings. The lowest BCUT2D eigenvalue weighted by Gasteiger charge is -2.36. The van der Waals surface area contributed by atoms with Gasteiger partial charge in [0.05, 0.1) is 31.9 Å². The fraction of sp³-hybridized carbons (Fsp3) is 0.500. The molecule has 0 aromatic heterocycles. The van der Waals surface area contributed by atoms with Crippen LogP contribution in [0.5, 0.6) is 5.75 Å². The van der Waals surface area contributed by atoms with Gasteiger partial charge in [-0.05, 0) is 19.1 Å². The highest BCUT2D eigenvalue weighted by Gasteiger charge is 2.44. The number of hydrogen-bond acceptors (Lipinski definition) is 6. The number of ether oxygens (including phenoxy) is 2. The Bertz CT molecular complexity index is 700. The monoisotopic (exact) mass is 361 g/mol. The Hall–Kier alpha value is -2.61. The largest absolute Gasteiger partial charge is 0.495 e. The Labute approximate surface area is 152 Å². The molecule has 3 amide bonds. The van der Waals surface area contributed by atoms with Gasteiger partial charge in [0.1, 0.15) is 5.75 Å². The summed E-state index contributed by atoms with van der Waals surface area (Å²) in [5.74, 6) is 0.00314. The SMILES string of the molecule is CCOC(=O)N1CCN([C@@H]2CC(=O)N(c3ccccc3OC)C2=O)CC1. The van der Waals surface area contributed by atoms with Gasteiger partial charge < -0.3 is 14.4 Å². The number of benzene rings is 1. The highest BCUT2D eigenvalue weighted by molar-refractivity contribution is 6.23. The Balaban J connectivity index is 1.69. The molecule has 8 heteroatoms. The van der Waals surface area contributed by atoms with Crippen molar-refractivity contribution in [2.24, 2.45) is 0 Å². The molecule has 2 saturated heterocycles. The van der Waals surface area contributed by atoms with Gasteiger partial charge in [-0.2, -0.15) is 0 Å². The van der Waals surface area contributed by atoms with Crippen molar-refractivity contribution in [1.29, 1.82) is 0 Å². The highest BCUT2D eigenvalue weighted by atomic mass is 16.6. The molecule has 2 heterocycles. The number of hydrogen-bond donors (Lipinski definition) is 0. The number of piperazine rings is 1. The van der Waals surface area contributed by atoms with Crippen LogP contribution in [-0.2, 0) is 14.3 Å². The maximum Gasteiger partial charge on any atom is 0.409 e. The molecular weight excluding hydrogens is 338 g/mol. The number of imide groups is 1. The van der Waals surface area contributed by atoms with Crippen LogP contribution in [0.2, 0.25) is 0 Å². The lowest BCUT2D eigenvalue weighted by atomic mass is 10.2. The average molecular weight is 361 g/mol. The molecule has 2 aliphatic heterocycles. The normalized spacial score (nSPS) is 21.2. The molecule has 3 rings (SSSR count). The molecule has 1 atom stereocenters. The summed E-state index contributed by atoms with van der Waals surface area (Å²) in [6.45, 7) is 4.12. The zero-order valence-electron chi connectivity index (χ0n) is 15.0. The van der Waals surface area contributed by atoms with E-state index in [2.05, 4.69) is 0 Å². The molecule has 2 fully saturated rings. The van der Waals surface area contributed by atoms with Crippen molar-refractivity contribution in [1.82, 2.24) is 9.80 Å².